The molecule has 1 aliphatic rings. The van der Waals surface area contributed by atoms with Crippen molar-refractivity contribution in [3.05, 3.63) is 17.7 Å². The Morgan fingerprint density at radius 3 is 2.57 bits per heavy atom. The minimum atomic E-state index is -0.875. The maximum atomic E-state index is 12.3. The summed E-state index contributed by atoms with van der Waals surface area (Å²) in [6.07, 6.45) is 2.71. The maximum absolute atomic E-state index is 12.3. The fraction of sp³-hybridized carbons (Fsp3) is 0.500. The molecule has 1 heterocycles. The van der Waals surface area contributed by atoms with Crippen LogP contribution in [0.3, 0.4) is 0 Å². The van der Waals surface area contributed by atoms with Crippen LogP contribution in [0.25, 0.3) is 0 Å². The van der Waals surface area contributed by atoms with E-state index in [2.05, 4.69) is 5.32 Å². The second-order valence-corrected chi connectivity index (χ2v) is 5.12. The molecule has 0 radical (unpaired) electrons. The molecule has 21 heavy (non-hydrogen) atoms. The number of carbonyl (C=O) groups is 2. The van der Waals surface area contributed by atoms with E-state index in [9.17, 15) is 9.59 Å². The molecule has 0 fully saturated rings. The summed E-state index contributed by atoms with van der Waals surface area (Å²) in [5.74, 6) is 0.838. The summed E-state index contributed by atoms with van der Waals surface area (Å²) in [6, 6.07) is 3.25. The second-order valence-electron chi connectivity index (χ2n) is 5.12. The quantitative estimate of drug-likeness (QED) is 0.818. The van der Waals surface area contributed by atoms with Crippen molar-refractivity contribution in [3.63, 3.8) is 0 Å². The molecule has 5 nitrogen and oxygen atoms in total. The molecule has 0 spiro atoms. The SMILES string of the molecule is CCCOc1cc(C=O)cc2c1OC(CC)(CC)C(=O)N2. The lowest BCUT2D eigenvalue weighted by Gasteiger charge is -2.36. The Bertz CT molecular complexity index is 549. The molecule has 1 aromatic rings. The molecule has 1 amide bonds. The van der Waals surface area contributed by atoms with Crippen molar-refractivity contribution in [2.75, 3.05) is 11.9 Å². The highest BCUT2D eigenvalue weighted by Crippen LogP contribution is 2.44. The first-order chi connectivity index (χ1) is 10.1. The summed E-state index contributed by atoms with van der Waals surface area (Å²) in [5.41, 5.74) is 0.0671. The molecule has 0 atom stereocenters. The summed E-state index contributed by atoms with van der Waals surface area (Å²) in [7, 11) is 0. The molecule has 1 aliphatic heterocycles. The number of amides is 1. The van der Waals surface area contributed by atoms with Crippen molar-refractivity contribution >= 4 is 17.9 Å². The molecule has 114 valence electrons. The lowest BCUT2D eigenvalue weighted by molar-refractivity contribution is -0.133. The molecule has 1 aromatic carbocycles. The predicted octanol–water partition coefficient (Wildman–Crippen LogP) is 3.18. The fourth-order valence-electron chi connectivity index (χ4n) is 2.40. The van der Waals surface area contributed by atoms with E-state index in [-0.39, 0.29) is 5.91 Å². The minimum Gasteiger partial charge on any atom is -0.490 e. The average Bonchev–Trinajstić information content (AvgIpc) is 2.51. The van der Waals surface area contributed by atoms with Crippen LogP contribution in [0.4, 0.5) is 5.69 Å². The van der Waals surface area contributed by atoms with E-state index < -0.39 is 5.60 Å². The number of hydrogen-bond donors (Lipinski definition) is 1. The third-order valence-corrected chi connectivity index (χ3v) is 3.78. The summed E-state index contributed by atoms with van der Waals surface area (Å²) in [4.78, 5) is 23.3. The number of anilines is 1. The van der Waals surface area contributed by atoms with Gasteiger partial charge in [-0.25, -0.2) is 0 Å². The van der Waals surface area contributed by atoms with Gasteiger partial charge in [0.2, 0.25) is 0 Å². The number of fused-ring (bicyclic) bond motifs is 1. The number of benzene rings is 1. The zero-order valence-corrected chi connectivity index (χ0v) is 12.7. The molecule has 5 heteroatoms. The van der Waals surface area contributed by atoms with Crippen molar-refractivity contribution in [1.82, 2.24) is 0 Å². The highest BCUT2D eigenvalue weighted by atomic mass is 16.5. The topological polar surface area (TPSA) is 64.6 Å². The molecule has 0 saturated heterocycles. The smallest absolute Gasteiger partial charge is 0.268 e. The normalized spacial score (nSPS) is 15.7. The van der Waals surface area contributed by atoms with E-state index in [0.717, 1.165) is 12.7 Å². The van der Waals surface area contributed by atoms with Gasteiger partial charge in [0.05, 0.1) is 12.3 Å². The summed E-state index contributed by atoms with van der Waals surface area (Å²) < 4.78 is 11.7. The molecule has 0 aromatic heterocycles. The van der Waals surface area contributed by atoms with Crippen LogP contribution in [0.5, 0.6) is 11.5 Å². The molecular weight excluding hydrogens is 270 g/mol. The molecule has 0 bridgehead atoms. The van der Waals surface area contributed by atoms with Gasteiger partial charge < -0.3 is 14.8 Å². The van der Waals surface area contributed by atoms with Crippen molar-refractivity contribution in [2.45, 2.75) is 45.6 Å². The zero-order chi connectivity index (χ0) is 15.5. The van der Waals surface area contributed by atoms with Gasteiger partial charge >= 0.3 is 0 Å². The molecule has 0 aliphatic carbocycles. The first-order valence-electron chi connectivity index (χ1n) is 7.36. The van der Waals surface area contributed by atoms with Gasteiger partial charge in [0, 0.05) is 5.56 Å². The van der Waals surface area contributed by atoms with Crippen LogP contribution < -0.4 is 14.8 Å². The van der Waals surface area contributed by atoms with Gasteiger partial charge in [-0.1, -0.05) is 20.8 Å². The van der Waals surface area contributed by atoms with E-state index in [4.69, 9.17) is 9.47 Å². The number of nitrogens with one attached hydrogen (secondary N) is 1. The van der Waals surface area contributed by atoms with Crippen LogP contribution in [0, 0.1) is 0 Å². The Labute approximate surface area is 124 Å². The largest absolute Gasteiger partial charge is 0.490 e. The minimum absolute atomic E-state index is 0.176. The first kappa shape index (κ1) is 15.4. The molecule has 1 N–H and O–H groups in total. The van der Waals surface area contributed by atoms with Crippen LogP contribution in [0.15, 0.2) is 12.1 Å². The molecule has 0 saturated carbocycles. The number of hydrogen-bond acceptors (Lipinski definition) is 4. The Hall–Kier alpha value is -2.04. The van der Waals surface area contributed by atoms with Gasteiger partial charge in [0.1, 0.15) is 6.29 Å². The first-order valence-corrected chi connectivity index (χ1v) is 7.36. The Morgan fingerprint density at radius 2 is 2.00 bits per heavy atom. The number of rotatable bonds is 6. The van der Waals surface area contributed by atoms with Crippen LogP contribution >= 0.6 is 0 Å². The average molecular weight is 291 g/mol. The summed E-state index contributed by atoms with van der Waals surface area (Å²) >= 11 is 0. The molecular formula is C16H21NO4. The molecule has 0 unspecified atom stereocenters. The van der Waals surface area contributed by atoms with E-state index in [1.54, 1.807) is 12.1 Å². The van der Waals surface area contributed by atoms with Crippen LogP contribution in [-0.4, -0.2) is 24.4 Å². The number of ether oxygens (including phenoxy) is 2. The van der Waals surface area contributed by atoms with Gasteiger partial charge in [0.25, 0.3) is 5.91 Å². The summed E-state index contributed by atoms with van der Waals surface area (Å²) in [5, 5.41) is 2.84. The summed E-state index contributed by atoms with van der Waals surface area (Å²) in [6.45, 7) is 6.36. The highest BCUT2D eigenvalue weighted by molar-refractivity contribution is 6.02. The van der Waals surface area contributed by atoms with Crippen LogP contribution in [0.2, 0.25) is 0 Å². The Kier molecular flexibility index (Phi) is 4.50. The fourth-order valence-corrected chi connectivity index (χ4v) is 2.40. The number of carbonyl (C=O) groups excluding carboxylic acids is 2. The third kappa shape index (κ3) is 2.73. The second kappa shape index (κ2) is 6.16. The van der Waals surface area contributed by atoms with Crippen LogP contribution in [0.1, 0.15) is 50.4 Å². The predicted molar refractivity (Wildman–Crippen MR) is 80.2 cm³/mol. The van der Waals surface area contributed by atoms with E-state index in [1.165, 1.54) is 0 Å². The number of aldehydes is 1. The third-order valence-electron chi connectivity index (χ3n) is 3.78. The van der Waals surface area contributed by atoms with Crippen molar-refractivity contribution < 1.29 is 19.1 Å². The van der Waals surface area contributed by atoms with Gasteiger partial charge in [-0.2, -0.15) is 0 Å². The van der Waals surface area contributed by atoms with E-state index >= 15 is 0 Å². The highest BCUT2D eigenvalue weighted by Gasteiger charge is 2.42. The molecule has 2 rings (SSSR count). The lowest BCUT2D eigenvalue weighted by atomic mass is 9.93. The van der Waals surface area contributed by atoms with Gasteiger partial charge in [-0.3, -0.25) is 9.59 Å². The van der Waals surface area contributed by atoms with Crippen molar-refractivity contribution in [1.29, 1.82) is 0 Å². The Morgan fingerprint density at radius 1 is 1.29 bits per heavy atom. The van der Waals surface area contributed by atoms with Crippen molar-refractivity contribution in [3.8, 4) is 11.5 Å². The standard InChI is InChI=1S/C16H21NO4/c1-4-7-20-13-9-11(10-18)8-12-14(13)21-16(5-2,6-3)15(19)17-12/h8-10H,4-7H2,1-3H3,(H,17,19). The zero-order valence-electron chi connectivity index (χ0n) is 12.7. The van der Waals surface area contributed by atoms with Gasteiger partial charge in [-0.05, 0) is 31.4 Å². The van der Waals surface area contributed by atoms with E-state index in [0.29, 0.717) is 42.2 Å². The van der Waals surface area contributed by atoms with Crippen LogP contribution in [-0.2, 0) is 4.79 Å². The van der Waals surface area contributed by atoms with Gasteiger partial charge in [-0.15, -0.1) is 0 Å². The lowest BCUT2D eigenvalue weighted by Crippen LogP contribution is -2.50. The maximum Gasteiger partial charge on any atom is 0.268 e. The monoisotopic (exact) mass is 291 g/mol. The van der Waals surface area contributed by atoms with Crippen molar-refractivity contribution in [2.24, 2.45) is 0 Å². The Balaban J connectivity index is 2.48. The van der Waals surface area contributed by atoms with E-state index in [1.807, 2.05) is 20.8 Å². The van der Waals surface area contributed by atoms with Gasteiger partial charge in [0.15, 0.2) is 17.1 Å².